The van der Waals surface area contributed by atoms with Crippen LogP contribution < -0.4 is 0 Å². The second-order valence-corrected chi connectivity index (χ2v) is 6.60. The Morgan fingerprint density at radius 2 is 1.00 bits per heavy atom. The Morgan fingerprint density at radius 3 is 1.30 bits per heavy atom. The van der Waals surface area contributed by atoms with Gasteiger partial charge in [0.25, 0.3) is 0 Å². The van der Waals surface area contributed by atoms with Crippen molar-refractivity contribution >= 4 is 0 Å². The van der Waals surface area contributed by atoms with Crippen LogP contribution in [0.3, 0.4) is 0 Å². The SMILES string of the molecule is N#CC(CC1CCCCC1)=C(C#N)CC1CCCCC1. The van der Waals surface area contributed by atoms with E-state index in [1.165, 1.54) is 64.2 Å². The number of allylic oxidation sites excluding steroid dienone is 2. The molecule has 0 amide bonds. The Bertz CT molecular complexity index is 370. The summed E-state index contributed by atoms with van der Waals surface area (Å²) in [4.78, 5) is 0. The summed E-state index contributed by atoms with van der Waals surface area (Å²) >= 11 is 0. The normalized spacial score (nSPS) is 22.7. The van der Waals surface area contributed by atoms with E-state index in [1.54, 1.807) is 0 Å². The van der Waals surface area contributed by atoms with Crippen LogP contribution >= 0.6 is 0 Å². The molecule has 2 saturated carbocycles. The maximum absolute atomic E-state index is 9.43. The first-order valence-electron chi connectivity index (χ1n) is 8.35. The fraction of sp³-hybridized carbons (Fsp3) is 0.778. The molecule has 0 saturated heterocycles. The van der Waals surface area contributed by atoms with E-state index in [0.717, 1.165) is 24.0 Å². The van der Waals surface area contributed by atoms with Crippen molar-refractivity contribution in [3.63, 3.8) is 0 Å². The van der Waals surface area contributed by atoms with Crippen molar-refractivity contribution in [1.82, 2.24) is 0 Å². The molecule has 0 N–H and O–H groups in total. The lowest BCUT2D eigenvalue weighted by molar-refractivity contribution is 0.349. The molecule has 0 bridgehead atoms. The summed E-state index contributed by atoms with van der Waals surface area (Å²) in [5.74, 6) is 1.29. The first kappa shape index (κ1) is 15.1. The lowest BCUT2D eigenvalue weighted by atomic mass is 9.81. The minimum absolute atomic E-state index is 0.646. The van der Waals surface area contributed by atoms with Gasteiger partial charge in [-0.25, -0.2) is 0 Å². The van der Waals surface area contributed by atoms with Gasteiger partial charge in [0.1, 0.15) is 0 Å². The first-order valence-corrected chi connectivity index (χ1v) is 8.35. The van der Waals surface area contributed by atoms with Crippen LogP contribution in [0, 0.1) is 34.5 Å². The lowest BCUT2D eigenvalue weighted by Gasteiger charge is -2.23. The molecule has 2 fully saturated rings. The average molecular weight is 270 g/mol. The molecule has 20 heavy (non-hydrogen) atoms. The zero-order valence-corrected chi connectivity index (χ0v) is 12.5. The highest BCUT2D eigenvalue weighted by atomic mass is 14.3. The van der Waals surface area contributed by atoms with Gasteiger partial charge in [-0.3, -0.25) is 0 Å². The number of nitrogens with zero attached hydrogens (tertiary/aromatic N) is 2. The largest absolute Gasteiger partial charge is 0.193 e. The maximum atomic E-state index is 9.43. The maximum Gasteiger partial charge on any atom is 0.0957 e. The highest BCUT2D eigenvalue weighted by Gasteiger charge is 2.20. The molecule has 0 aromatic carbocycles. The molecule has 2 aliphatic carbocycles. The number of hydrogen-bond acceptors (Lipinski definition) is 2. The predicted molar refractivity (Wildman–Crippen MR) is 80.6 cm³/mol. The van der Waals surface area contributed by atoms with E-state index in [2.05, 4.69) is 12.1 Å². The van der Waals surface area contributed by atoms with Crippen LogP contribution in [0.2, 0.25) is 0 Å². The van der Waals surface area contributed by atoms with Gasteiger partial charge in [-0.2, -0.15) is 10.5 Å². The van der Waals surface area contributed by atoms with Crippen molar-refractivity contribution in [2.24, 2.45) is 11.8 Å². The molecule has 0 heterocycles. The van der Waals surface area contributed by atoms with Gasteiger partial charge < -0.3 is 0 Å². The second-order valence-electron chi connectivity index (χ2n) is 6.60. The van der Waals surface area contributed by atoms with Crippen LogP contribution in [0.1, 0.15) is 77.0 Å². The summed E-state index contributed by atoms with van der Waals surface area (Å²) in [6.07, 6.45) is 14.6. The monoisotopic (exact) mass is 270 g/mol. The molecular weight excluding hydrogens is 244 g/mol. The minimum Gasteiger partial charge on any atom is -0.193 e. The minimum atomic E-state index is 0.646. The van der Waals surface area contributed by atoms with E-state index >= 15 is 0 Å². The topological polar surface area (TPSA) is 47.6 Å². The Labute approximate surface area is 123 Å². The molecule has 0 aromatic rings. The predicted octanol–water partition coefficient (Wildman–Crippen LogP) is 5.27. The third-order valence-electron chi connectivity index (χ3n) is 5.07. The molecule has 2 rings (SSSR count). The van der Waals surface area contributed by atoms with Gasteiger partial charge >= 0.3 is 0 Å². The zero-order chi connectivity index (χ0) is 14.2. The molecule has 108 valence electrons. The van der Waals surface area contributed by atoms with Crippen molar-refractivity contribution in [3.8, 4) is 12.1 Å². The number of nitriles is 2. The fourth-order valence-electron chi connectivity index (χ4n) is 3.83. The second kappa shape index (κ2) is 8.11. The molecule has 0 unspecified atom stereocenters. The molecule has 2 aliphatic rings. The van der Waals surface area contributed by atoms with Crippen molar-refractivity contribution < 1.29 is 0 Å². The van der Waals surface area contributed by atoms with Crippen molar-refractivity contribution in [3.05, 3.63) is 11.1 Å². The van der Waals surface area contributed by atoms with Crippen LogP contribution in [0.25, 0.3) is 0 Å². The van der Waals surface area contributed by atoms with Crippen LogP contribution in [0.4, 0.5) is 0 Å². The summed E-state index contributed by atoms with van der Waals surface area (Å²) in [7, 11) is 0. The molecule has 0 aromatic heterocycles. The third kappa shape index (κ3) is 4.38. The molecule has 2 heteroatoms. The van der Waals surface area contributed by atoms with Crippen molar-refractivity contribution in [1.29, 1.82) is 10.5 Å². The molecule has 0 radical (unpaired) electrons. The average Bonchev–Trinajstić information content (AvgIpc) is 2.52. The first-order chi connectivity index (χ1) is 9.83. The van der Waals surface area contributed by atoms with Crippen LogP contribution in [-0.4, -0.2) is 0 Å². The van der Waals surface area contributed by atoms with E-state index < -0.39 is 0 Å². The molecule has 0 atom stereocenters. The van der Waals surface area contributed by atoms with E-state index in [1.807, 2.05) is 0 Å². The molecular formula is C18H26N2. The summed E-state index contributed by atoms with van der Waals surface area (Å²) in [5.41, 5.74) is 1.59. The third-order valence-corrected chi connectivity index (χ3v) is 5.07. The standard InChI is InChI=1S/C18H26N2/c19-13-17(11-15-7-3-1-4-8-15)18(14-20)12-16-9-5-2-6-10-16/h15-16H,1-12H2. The summed E-state index contributed by atoms with van der Waals surface area (Å²) in [6.45, 7) is 0. The molecule has 0 spiro atoms. The van der Waals surface area contributed by atoms with E-state index in [9.17, 15) is 10.5 Å². The lowest BCUT2D eigenvalue weighted by Crippen LogP contribution is -2.10. The summed E-state index contributed by atoms with van der Waals surface area (Å²) < 4.78 is 0. The Hall–Kier alpha value is -1.28. The Kier molecular flexibility index (Phi) is 6.13. The Morgan fingerprint density at radius 1 is 0.650 bits per heavy atom. The smallest absolute Gasteiger partial charge is 0.0957 e. The van der Waals surface area contributed by atoms with Crippen LogP contribution in [0.5, 0.6) is 0 Å². The van der Waals surface area contributed by atoms with Gasteiger partial charge in [0.15, 0.2) is 0 Å². The zero-order valence-electron chi connectivity index (χ0n) is 12.5. The number of hydrogen-bond donors (Lipinski definition) is 0. The van der Waals surface area contributed by atoms with Crippen LogP contribution in [-0.2, 0) is 0 Å². The highest BCUT2D eigenvalue weighted by molar-refractivity contribution is 5.37. The van der Waals surface area contributed by atoms with Gasteiger partial charge in [-0.15, -0.1) is 0 Å². The van der Waals surface area contributed by atoms with Gasteiger partial charge in [0.2, 0.25) is 0 Å². The molecule has 0 aliphatic heterocycles. The highest BCUT2D eigenvalue weighted by Crippen LogP contribution is 2.33. The van der Waals surface area contributed by atoms with Gasteiger partial charge in [-0.1, -0.05) is 64.2 Å². The Balaban J connectivity index is 1.99. The summed E-state index contributed by atoms with van der Waals surface area (Å²) in [6, 6.07) is 4.69. The van der Waals surface area contributed by atoms with Crippen LogP contribution in [0.15, 0.2) is 11.1 Å². The van der Waals surface area contributed by atoms with Gasteiger partial charge in [0.05, 0.1) is 12.1 Å². The quantitative estimate of drug-likeness (QED) is 0.653. The summed E-state index contributed by atoms with van der Waals surface area (Å²) in [5, 5.41) is 18.9. The van der Waals surface area contributed by atoms with E-state index in [0.29, 0.717) is 11.8 Å². The molecule has 2 nitrogen and oxygen atoms in total. The van der Waals surface area contributed by atoms with Gasteiger partial charge in [0, 0.05) is 11.1 Å². The number of rotatable bonds is 4. The van der Waals surface area contributed by atoms with E-state index in [4.69, 9.17) is 0 Å². The van der Waals surface area contributed by atoms with Crippen molar-refractivity contribution in [2.75, 3.05) is 0 Å². The van der Waals surface area contributed by atoms with Crippen molar-refractivity contribution in [2.45, 2.75) is 77.0 Å². The fourth-order valence-corrected chi connectivity index (χ4v) is 3.83. The van der Waals surface area contributed by atoms with Gasteiger partial charge in [-0.05, 0) is 24.7 Å². The van der Waals surface area contributed by atoms with E-state index in [-0.39, 0.29) is 0 Å².